The molecule has 3 heteroatoms. The summed E-state index contributed by atoms with van der Waals surface area (Å²) in [6.45, 7) is 3.68. The number of hydrogen-bond donors (Lipinski definition) is 3. The second-order valence-electron chi connectivity index (χ2n) is 4.73. The van der Waals surface area contributed by atoms with Gasteiger partial charge in [0.25, 0.3) is 0 Å². The zero-order valence-corrected chi connectivity index (χ0v) is 12.6. The number of allylic oxidation sites excluding steroid dienone is 1. The van der Waals surface area contributed by atoms with Gasteiger partial charge >= 0.3 is 0 Å². The molecule has 0 aliphatic heterocycles. The van der Waals surface area contributed by atoms with Gasteiger partial charge in [-0.25, -0.2) is 0 Å². The average molecular weight is 290 g/mol. The molecule has 0 unspecified atom stereocenters. The maximum atomic E-state index is 9.54. The van der Waals surface area contributed by atoms with E-state index in [2.05, 4.69) is 30.3 Å². The highest BCUT2D eigenvalue weighted by Gasteiger charge is 1.92. The van der Waals surface area contributed by atoms with Gasteiger partial charge in [-0.15, -0.1) is 0 Å². The molecule has 0 aromatic heterocycles. The molecule has 0 aromatic rings. The van der Waals surface area contributed by atoms with Crippen molar-refractivity contribution in [3.05, 3.63) is 24.8 Å². The van der Waals surface area contributed by atoms with Crippen LogP contribution in [-0.2, 0) is 0 Å². The van der Waals surface area contributed by atoms with E-state index in [-0.39, 0.29) is 0 Å². The fourth-order valence-corrected chi connectivity index (χ4v) is 1.63. The maximum absolute atomic E-state index is 9.54. The molecule has 0 heterocycles. The predicted octanol–water partition coefficient (Wildman–Crippen LogP) is 2.18. The average Bonchev–Trinajstić information content (AvgIpc) is 2.49. The fourth-order valence-electron chi connectivity index (χ4n) is 1.63. The predicted molar refractivity (Wildman–Crippen MR) is 86.3 cm³/mol. The summed E-state index contributed by atoms with van der Waals surface area (Å²) in [4.78, 5) is 0. The number of rotatable bonds is 10. The van der Waals surface area contributed by atoms with Gasteiger partial charge in [0.1, 0.15) is 12.2 Å². The maximum Gasteiger partial charge on any atom is 0.134 e. The van der Waals surface area contributed by atoms with E-state index in [4.69, 9.17) is 10.2 Å². The lowest BCUT2D eigenvalue weighted by Gasteiger charge is -1.99. The smallest absolute Gasteiger partial charge is 0.134 e. The van der Waals surface area contributed by atoms with Crippen molar-refractivity contribution in [2.75, 3.05) is 6.61 Å². The van der Waals surface area contributed by atoms with Crippen LogP contribution in [0.1, 0.15) is 44.9 Å². The van der Waals surface area contributed by atoms with Gasteiger partial charge in [0.15, 0.2) is 0 Å². The first-order valence-corrected chi connectivity index (χ1v) is 7.48. The Morgan fingerprint density at radius 1 is 0.857 bits per heavy atom. The topological polar surface area (TPSA) is 60.7 Å². The van der Waals surface area contributed by atoms with E-state index in [1.165, 1.54) is 25.3 Å². The van der Waals surface area contributed by atoms with Gasteiger partial charge in [-0.3, -0.25) is 0 Å². The normalized spacial score (nSPS) is 12.9. The van der Waals surface area contributed by atoms with E-state index < -0.39 is 12.2 Å². The molecule has 3 nitrogen and oxygen atoms in total. The monoisotopic (exact) mass is 290 g/mol. The van der Waals surface area contributed by atoms with Crippen molar-refractivity contribution in [1.29, 1.82) is 0 Å². The van der Waals surface area contributed by atoms with E-state index >= 15 is 0 Å². The lowest BCUT2D eigenvalue weighted by atomic mass is 10.1. The van der Waals surface area contributed by atoms with Crippen molar-refractivity contribution in [2.45, 2.75) is 57.2 Å². The molecule has 116 valence electrons. The minimum absolute atomic E-state index is 0.290. The Morgan fingerprint density at radius 2 is 1.43 bits per heavy atom. The van der Waals surface area contributed by atoms with Gasteiger partial charge < -0.3 is 15.3 Å². The summed E-state index contributed by atoms with van der Waals surface area (Å²) < 4.78 is 0. The largest absolute Gasteiger partial charge is 0.396 e. The molecule has 0 aromatic carbocycles. The summed E-state index contributed by atoms with van der Waals surface area (Å²) in [6, 6.07) is 0. The molecule has 21 heavy (non-hydrogen) atoms. The third kappa shape index (κ3) is 14.7. The van der Waals surface area contributed by atoms with Gasteiger partial charge in [0, 0.05) is 6.61 Å². The highest BCUT2D eigenvalue weighted by atomic mass is 16.3. The molecule has 0 amide bonds. The molecule has 0 aliphatic rings. The highest BCUT2D eigenvalue weighted by molar-refractivity contribution is 5.31. The number of aliphatic hydroxyl groups is 3. The molecule has 0 radical (unpaired) electrons. The van der Waals surface area contributed by atoms with Crippen LogP contribution in [0.25, 0.3) is 0 Å². The second kappa shape index (κ2) is 14.9. The van der Waals surface area contributed by atoms with E-state index in [0.717, 1.165) is 25.7 Å². The zero-order chi connectivity index (χ0) is 15.8. The van der Waals surface area contributed by atoms with Crippen molar-refractivity contribution >= 4 is 0 Å². The lowest BCUT2D eigenvalue weighted by molar-refractivity contribution is 0.280. The molecule has 2 atom stereocenters. The van der Waals surface area contributed by atoms with Gasteiger partial charge in [0.2, 0.25) is 0 Å². The van der Waals surface area contributed by atoms with E-state index in [1.54, 1.807) is 6.08 Å². The van der Waals surface area contributed by atoms with Crippen molar-refractivity contribution in [2.24, 2.45) is 0 Å². The van der Waals surface area contributed by atoms with Crippen LogP contribution in [0.3, 0.4) is 0 Å². The first-order chi connectivity index (χ1) is 10.2. The summed E-state index contributed by atoms with van der Waals surface area (Å²) in [5.41, 5.74) is 0. The Balaban J connectivity index is 3.66. The van der Waals surface area contributed by atoms with Crippen molar-refractivity contribution in [3.8, 4) is 23.7 Å². The molecule has 0 aliphatic carbocycles. The molecular weight excluding hydrogens is 264 g/mol. The molecule has 0 saturated heterocycles. The van der Waals surface area contributed by atoms with Crippen LogP contribution in [0.15, 0.2) is 24.8 Å². The summed E-state index contributed by atoms with van der Waals surface area (Å²) in [7, 11) is 0. The van der Waals surface area contributed by atoms with Crippen LogP contribution in [0.2, 0.25) is 0 Å². The molecule has 0 rings (SSSR count). The van der Waals surface area contributed by atoms with Crippen LogP contribution in [-0.4, -0.2) is 34.1 Å². The molecule has 0 spiro atoms. The third-order valence-corrected chi connectivity index (χ3v) is 2.82. The van der Waals surface area contributed by atoms with Gasteiger partial charge in [-0.05, 0) is 37.2 Å². The Bertz CT molecular complexity index is 404. The van der Waals surface area contributed by atoms with Crippen molar-refractivity contribution in [3.63, 3.8) is 0 Å². The Kier molecular flexibility index (Phi) is 13.8. The van der Waals surface area contributed by atoms with E-state index in [1.807, 2.05) is 6.08 Å². The zero-order valence-electron chi connectivity index (χ0n) is 12.6. The minimum atomic E-state index is -0.871. The van der Waals surface area contributed by atoms with Crippen molar-refractivity contribution in [1.82, 2.24) is 0 Å². The highest BCUT2D eigenvalue weighted by Crippen LogP contribution is 2.07. The van der Waals surface area contributed by atoms with Crippen LogP contribution in [0.5, 0.6) is 0 Å². The lowest BCUT2D eigenvalue weighted by Crippen LogP contribution is -1.97. The molecule has 3 N–H and O–H groups in total. The molecule has 0 bridgehead atoms. The van der Waals surface area contributed by atoms with Crippen LogP contribution >= 0.6 is 0 Å². The Labute approximate surface area is 128 Å². The van der Waals surface area contributed by atoms with E-state index in [9.17, 15) is 5.11 Å². The standard InChI is InChI=1S/C18H26O3/c1-2-17(20)13-10-11-15-18(21)14-9-7-5-3-4-6-8-12-16-19/h2,9,14,17-21H,1,3-8,12,16H2/b14-9+/t17-,18-/m0/s1. The second-order valence-corrected chi connectivity index (χ2v) is 4.73. The fraction of sp³-hybridized carbons (Fsp3) is 0.556. The molecular formula is C18H26O3. The number of hydrogen-bond acceptors (Lipinski definition) is 3. The first-order valence-electron chi connectivity index (χ1n) is 7.48. The number of unbranched alkanes of at least 4 members (excludes halogenated alkanes) is 6. The summed E-state index contributed by atoms with van der Waals surface area (Å²) in [6.07, 6.45) is 10.8. The minimum Gasteiger partial charge on any atom is -0.396 e. The van der Waals surface area contributed by atoms with E-state index in [0.29, 0.717) is 6.61 Å². The molecule has 0 saturated carbocycles. The quantitative estimate of drug-likeness (QED) is 0.328. The van der Waals surface area contributed by atoms with Crippen molar-refractivity contribution < 1.29 is 15.3 Å². The summed E-state index contributed by atoms with van der Waals surface area (Å²) >= 11 is 0. The SMILES string of the molecule is C=C[C@H](O)C#CC#C[C@@H](O)/C=C/CCCCCCCCO. The van der Waals surface area contributed by atoms with Gasteiger partial charge in [0.05, 0.1) is 0 Å². The third-order valence-electron chi connectivity index (χ3n) is 2.82. The van der Waals surface area contributed by atoms with Crippen LogP contribution < -0.4 is 0 Å². The summed E-state index contributed by atoms with van der Waals surface area (Å²) in [5.74, 6) is 9.97. The number of aliphatic hydroxyl groups excluding tert-OH is 3. The van der Waals surface area contributed by atoms with Gasteiger partial charge in [-0.1, -0.05) is 56.3 Å². The Hall–Kier alpha value is -1.52. The summed E-state index contributed by atoms with van der Waals surface area (Å²) in [5, 5.41) is 27.2. The first kappa shape index (κ1) is 19.5. The van der Waals surface area contributed by atoms with Crippen LogP contribution in [0.4, 0.5) is 0 Å². The van der Waals surface area contributed by atoms with Gasteiger partial charge in [-0.2, -0.15) is 0 Å². The molecule has 0 fully saturated rings. The Morgan fingerprint density at radius 3 is 2.05 bits per heavy atom. The van der Waals surface area contributed by atoms with Crippen LogP contribution in [0, 0.1) is 23.7 Å².